The topological polar surface area (TPSA) is 81.4 Å². The van der Waals surface area contributed by atoms with E-state index in [9.17, 15) is 9.59 Å². The molecule has 0 atom stereocenters. The molecule has 0 aliphatic heterocycles. The zero-order valence-corrected chi connectivity index (χ0v) is 12.9. The lowest BCUT2D eigenvalue weighted by Gasteiger charge is -2.09. The predicted molar refractivity (Wildman–Crippen MR) is 93.7 cm³/mol. The summed E-state index contributed by atoms with van der Waals surface area (Å²) in [5.41, 5.74) is 7.13. The third-order valence-electron chi connectivity index (χ3n) is 3.53. The molecule has 0 aromatic heterocycles. The zero-order chi connectivity index (χ0) is 16.9. The summed E-state index contributed by atoms with van der Waals surface area (Å²) < 4.78 is 5.06. The summed E-state index contributed by atoms with van der Waals surface area (Å²) in [6.45, 7) is -0.375. The number of fused-ring (bicyclic) bond motifs is 1. The first-order valence-electron chi connectivity index (χ1n) is 7.44. The molecule has 3 aromatic carbocycles. The van der Waals surface area contributed by atoms with Crippen molar-refractivity contribution in [3.63, 3.8) is 0 Å². The molecule has 5 heteroatoms. The van der Waals surface area contributed by atoms with Gasteiger partial charge in [-0.25, -0.2) is 4.79 Å². The molecule has 0 saturated heterocycles. The monoisotopic (exact) mass is 320 g/mol. The number of rotatable bonds is 4. The van der Waals surface area contributed by atoms with Crippen molar-refractivity contribution < 1.29 is 14.3 Å². The number of esters is 1. The number of para-hydroxylation sites is 1. The Morgan fingerprint density at radius 3 is 2.25 bits per heavy atom. The number of nitrogen functional groups attached to an aromatic ring is 1. The Morgan fingerprint density at radius 2 is 1.54 bits per heavy atom. The van der Waals surface area contributed by atoms with Crippen LogP contribution in [0.4, 0.5) is 11.4 Å². The lowest BCUT2D eigenvalue weighted by molar-refractivity contribution is -0.119. The minimum atomic E-state index is -0.624. The maximum atomic E-state index is 12.2. The van der Waals surface area contributed by atoms with Crippen molar-refractivity contribution in [3.8, 4) is 0 Å². The number of ether oxygens (including phenoxy) is 1. The third-order valence-corrected chi connectivity index (χ3v) is 3.53. The molecule has 0 aliphatic rings. The SMILES string of the molecule is Nc1cc2ccccc2cc1C(=O)OCC(=O)Nc1ccccc1. The minimum absolute atomic E-state index is 0.251. The van der Waals surface area contributed by atoms with Crippen molar-refractivity contribution in [2.45, 2.75) is 0 Å². The average molecular weight is 320 g/mol. The highest BCUT2D eigenvalue weighted by molar-refractivity contribution is 6.02. The van der Waals surface area contributed by atoms with E-state index in [2.05, 4.69) is 5.32 Å². The molecule has 0 aliphatic carbocycles. The van der Waals surface area contributed by atoms with Crippen LogP contribution < -0.4 is 11.1 Å². The molecule has 0 fully saturated rings. The van der Waals surface area contributed by atoms with Crippen LogP contribution in [0.1, 0.15) is 10.4 Å². The first-order chi connectivity index (χ1) is 11.6. The molecule has 5 nitrogen and oxygen atoms in total. The van der Waals surface area contributed by atoms with Gasteiger partial charge < -0.3 is 15.8 Å². The first-order valence-corrected chi connectivity index (χ1v) is 7.44. The number of benzene rings is 3. The van der Waals surface area contributed by atoms with Crippen LogP contribution in [0.2, 0.25) is 0 Å². The molecule has 0 saturated carbocycles. The van der Waals surface area contributed by atoms with Crippen LogP contribution in [0.3, 0.4) is 0 Å². The van der Waals surface area contributed by atoms with Crippen LogP contribution in [0.15, 0.2) is 66.7 Å². The number of hydrogen-bond acceptors (Lipinski definition) is 4. The van der Waals surface area contributed by atoms with E-state index >= 15 is 0 Å². The van der Waals surface area contributed by atoms with E-state index in [1.807, 2.05) is 30.3 Å². The second-order valence-electron chi connectivity index (χ2n) is 5.28. The summed E-state index contributed by atoms with van der Waals surface area (Å²) in [7, 11) is 0. The molecule has 0 spiro atoms. The Morgan fingerprint density at radius 1 is 0.917 bits per heavy atom. The zero-order valence-electron chi connectivity index (χ0n) is 12.9. The van der Waals surface area contributed by atoms with Crippen molar-refractivity contribution in [2.75, 3.05) is 17.7 Å². The normalized spacial score (nSPS) is 10.3. The largest absolute Gasteiger partial charge is 0.452 e. The van der Waals surface area contributed by atoms with E-state index < -0.39 is 11.9 Å². The van der Waals surface area contributed by atoms with Crippen LogP contribution in [0.25, 0.3) is 10.8 Å². The number of carbonyl (C=O) groups excluding carboxylic acids is 2. The highest BCUT2D eigenvalue weighted by atomic mass is 16.5. The molecular weight excluding hydrogens is 304 g/mol. The molecule has 1 amide bonds. The second-order valence-corrected chi connectivity index (χ2v) is 5.28. The van der Waals surface area contributed by atoms with E-state index in [0.717, 1.165) is 10.8 Å². The molecule has 0 heterocycles. The molecule has 3 aromatic rings. The lowest BCUT2D eigenvalue weighted by Crippen LogP contribution is -2.21. The van der Waals surface area contributed by atoms with Gasteiger partial charge in [-0.1, -0.05) is 42.5 Å². The average Bonchev–Trinajstić information content (AvgIpc) is 2.60. The van der Waals surface area contributed by atoms with E-state index in [1.165, 1.54) is 0 Å². The molecule has 3 rings (SSSR count). The van der Waals surface area contributed by atoms with Crippen LogP contribution in [-0.4, -0.2) is 18.5 Å². The summed E-state index contributed by atoms with van der Waals surface area (Å²) in [5.74, 6) is -1.03. The minimum Gasteiger partial charge on any atom is -0.452 e. The fraction of sp³-hybridized carbons (Fsp3) is 0.0526. The van der Waals surface area contributed by atoms with Gasteiger partial charge in [0.15, 0.2) is 6.61 Å². The molecule has 3 N–H and O–H groups in total. The van der Waals surface area contributed by atoms with Gasteiger partial charge in [-0.05, 0) is 35.0 Å². The second kappa shape index (κ2) is 6.83. The Balaban J connectivity index is 1.67. The lowest BCUT2D eigenvalue weighted by atomic mass is 10.1. The van der Waals surface area contributed by atoms with Crippen molar-refractivity contribution >= 4 is 34.0 Å². The van der Waals surface area contributed by atoms with Crippen molar-refractivity contribution in [1.82, 2.24) is 0 Å². The van der Waals surface area contributed by atoms with Crippen molar-refractivity contribution in [2.24, 2.45) is 0 Å². The number of nitrogens with two attached hydrogens (primary N) is 1. The fourth-order valence-electron chi connectivity index (χ4n) is 2.36. The number of hydrogen-bond donors (Lipinski definition) is 2. The van der Waals surface area contributed by atoms with E-state index in [1.54, 1.807) is 36.4 Å². The maximum absolute atomic E-state index is 12.2. The molecule has 0 bridgehead atoms. The Bertz CT molecular complexity index is 892. The summed E-state index contributed by atoms with van der Waals surface area (Å²) in [5, 5.41) is 4.47. The number of anilines is 2. The first kappa shape index (κ1) is 15.6. The fourth-order valence-corrected chi connectivity index (χ4v) is 2.36. The highest BCUT2D eigenvalue weighted by Crippen LogP contribution is 2.22. The van der Waals surface area contributed by atoms with Gasteiger partial charge in [0.1, 0.15) is 0 Å². The Hall–Kier alpha value is -3.34. The Kier molecular flexibility index (Phi) is 4.43. The van der Waals surface area contributed by atoms with Gasteiger partial charge in [-0.2, -0.15) is 0 Å². The molecule has 0 radical (unpaired) electrons. The number of amides is 1. The van der Waals surface area contributed by atoms with Crippen LogP contribution >= 0.6 is 0 Å². The molecule has 0 unspecified atom stereocenters. The molecular formula is C19H16N2O3. The van der Waals surface area contributed by atoms with Crippen molar-refractivity contribution in [3.05, 3.63) is 72.3 Å². The van der Waals surface area contributed by atoms with Gasteiger partial charge in [-0.15, -0.1) is 0 Å². The van der Waals surface area contributed by atoms with Gasteiger partial charge >= 0.3 is 5.97 Å². The molecule has 24 heavy (non-hydrogen) atoms. The highest BCUT2D eigenvalue weighted by Gasteiger charge is 2.14. The summed E-state index contributed by atoms with van der Waals surface area (Å²) in [6, 6.07) is 19.9. The van der Waals surface area contributed by atoms with Crippen molar-refractivity contribution in [1.29, 1.82) is 0 Å². The molecule has 120 valence electrons. The number of carbonyl (C=O) groups is 2. The van der Waals surface area contributed by atoms with Gasteiger partial charge in [-0.3, -0.25) is 4.79 Å². The van der Waals surface area contributed by atoms with E-state index in [4.69, 9.17) is 10.5 Å². The predicted octanol–water partition coefficient (Wildman–Crippen LogP) is 3.22. The van der Waals surface area contributed by atoms with Gasteiger partial charge in [0.05, 0.1) is 5.56 Å². The van der Waals surface area contributed by atoms with Crippen LogP contribution in [0.5, 0.6) is 0 Å². The summed E-state index contributed by atoms with van der Waals surface area (Å²) in [4.78, 5) is 24.0. The van der Waals surface area contributed by atoms with Gasteiger partial charge in [0.2, 0.25) is 0 Å². The van der Waals surface area contributed by atoms with E-state index in [-0.39, 0.29) is 12.2 Å². The standard InChI is InChI=1S/C19H16N2O3/c20-17-11-14-7-5-4-6-13(14)10-16(17)19(23)24-12-18(22)21-15-8-2-1-3-9-15/h1-11H,12,20H2,(H,21,22). The quantitative estimate of drug-likeness (QED) is 0.571. The van der Waals surface area contributed by atoms with Crippen LogP contribution in [0, 0.1) is 0 Å². The smallest absolute Gasteiger partial charge is 0.340 e. The third kappa shape index (κ3) is 3.52. The summed E-state index contributed by atoms with van der Waals surface area (Å²) >= 11 is 0. The Labute approximate surface area is 139 Å². The van der Waals surface area contributed by atoms with Gasteiger partial charge in [0, 0.05) is 11.4 Å². The maximum Gasteiger partial charge on any atom is 0.340 e. The van der Waals surface area contributed by atoms with Gasteiger partial charge in [0.25, 0.3) is 5.91 Å². The number of nitrogens with one attached hydrogen (secondary N) is 1. The summed E-state index contributed by atoms with van der Waals surface area (Å²) in [6.07, 6.45) is 0. The van der Waals surface area contributed by atoms with E-state index in [0.29, 0.717) is 11.4 Å². The van der Waals surface area contributed by atoms with Crippen LogP contribution in [-0.2, 0) is 9.53 Å².